The van der Waals surface area contributed by atoms with E-state index >= 15 is 0 Å². The second-order valence-electron chi connectivity index (χ2n) is 3.42. The summed E-state index contributed by atoms with van der Waals surface area (Å²) in [6.07, 6.45) is 3.64. The maximum Gasteiger partial charge on any atom is 0.119 e. The smallest absolute Gasteiger partial charge is 0.119 e. The third-order valence-electron chi connectivity index (χ3n) is 2.53. The number of fused-ring (bicyclic) bond motifs is 1. The van der Waals surface area contributed by atoms with Gasteiger partial charge < -0.3 is 15.5 Å². The zero-order chi connectivity index (χ0) is 10.8. The van der Waals surface area contributed by atoms with E-state index in [1.807, 2.05) is 24.4 Å². The van der Waals surface area contributed by atoms with Gasteiger partial charge in [0.1, 0.15) is 5.75 Å². The number of aromatic nitrogens is 1. The molecule has 0 saturated carbocycles. The van der Waals surface area contributed by atoms with Gasteiger partial charge in [0.15, 0.2) is 0 Å². The number of hydrogen-bond donors (Lipinski definition) is 2. The topological polar surface area (TPSA) is 51.0 Å². The number of ether oxygens (including phenoxy) is 1. The first kappa shape index (κ1) is 12.6. The highest BCUT2D eigenvalue weighted by atomic mass is 35.5. The minimum Gasteiger partial charge on any atom is -0.497 e. The summed E-state index contributed by atoms with van der Waals surface area (Å²) in [6.45, 7) is 3.70. The van der Waals surface area contributed by atoms with E-state index in [1.54, 1.807) is 13.2 Å². The number of nitrogens with one attached hydrogen (secondary N) is 1. The highest BCUT2D eigenvalue weighted by Gasteiger charge is 2.09. The molecule has 0 aliphatic carbocycles. The van der Waals surface area contributed by atoms with Crippen LogP contribution in [-0.4, -0.2) is 12.1 Å². The van der Waals surface area contributed by atoms with Crippen LogP contribution in [-0.2, 0) is 0 Å². The predicted molar refractivity (Wildman–Crippen MR) is 69.2 cm³/mol. The van der Waals surface area contributed by atoms with E-state index in [1.165, 1.54) is 0 Å². The number of aromatic amines is 1. The Morgan fingerprint density at radius 3 is 2.88 bits per heavy atom. The molecule has 2 aromatic rings. The number of nitrogens with two attached hydrogens (primary N) is 1. The molecule has 0 amide bonds. The summed E-state index contributed by atoms with van der Waals surface area (Å²) < 4.78 is 5.18. The van der Waals surface area contributed by atoms with Gasteiger partial charge >= 0.3 is 0 Å². The van der Waals surface area contributed by atoms with E-state index in [9.17, 15) is 0 Å². The molecule has 0 aliphatic rings. The van der Waals surface area contributed by atoms with Crippen molar-refractivity contribution in [3.05, 3.63) is 42.6 Å². The third kappa shape index (κ3) is 2.05. The Labute approximate surface area is 101 Å². The quantitative estimate of drug-likeness (QED) is 0.808. The summed E-state index contributed by atoms with van der Waals surface area (Å²) in [7, 11) is 1.65. The molecule has 0 fully saturated rings. The average molecular weight is 239 g/mol. The Balaban J connectivity index is 0.00000128. The highest BCUT2D eigenvalue weighted by molar-refractivity contribution is 5.85. The van der Waals surface area contributed by atoms with Gasteiger partial charge in [-0.05, 0) is 23.8 Å². The fourth-order valence-electron chi connectivity index (χ4n) is 1.65. The number of H-pyrrole nitrogens is 1. The van der Waals surface area contributed by atoms with E-state index in [2.05, 4.69) is 11.6 Å². The molecule has 2 rings (SSSR count). The molecule has 0 radical (unpaired) electrons. The lowest BCUT2D eigenvalue weighted by Crippen LogP contribution is -2.05. The Kier molecular flexibility index (Phi) is 3.99. The SMILES string of the molecule is C=C[C@H](N)c1c[nH]c2ccc(OC)cc12.Cl. The van der Waals surface area contributed by atoms with Crippen LogP contribution in [0.25, 0.3) is 10.9 Å². The Bertz CT molecular complexity index is 493. The molecular weight excluding hydrogens is 224 g/mol. The lowest BCUT2D eigenvalue weighted by Gasteiger charge is -2.05. The van der Waals surface area contributed by atoms with Crippen molar-refractivity contribution >= 4 is 23.3 Å². The summed E-state index contributed by atoms with van der Waals surface area (Å²) in [4.78, 5) is 3.17. The molecule has 1 aromatic heterocycles. The standard InChI is InChI=1S/C12H14N2O.ClH/c1-3-11(13)10-7-14-12-5-4-8(15-2)6-9(10)12;/h3-7,11,14H,1,13H2,2H3;1H/t11-;/m0./s1. The Morgan fingerprint density at radius 2 is 2.25 bits per heavy atom. The summed E-state index contributed by atoms with van der Waals surface area (Å²) in [6, 6.07) is 5.73. The van der Waals surface area contributed by atoms with E-state index in [0.29, 0.717) is 0 Å². The van der Waals surface area contributed by atoms with Crippen LogP contribution >= 0.6 is 12.4 Å². The molecule has 3 nitrogen and oxygen atoms in total. The first-order chi connectivity index (χ1) is 7.26. The van der Waals surface area contributed by atoms with E-state index < -0.39 is 0 Å². The maximum absolute atomic E-state index is 5.92. The fourth-order valence-corrected chi connectivity index (χ4v) is 1.65. The van der Waals surface area contributed by atoms with Crippen LogP contribution in [0.1, 0.15) is 11.6 Å². The highest BCUT2D eigenvalue weighted by Crippen LogP contribution is 2.26. The van der Waals surface area contributed by atoms with Crippen LogP contribution in [0.5, 0.6) is 5.75 Å². The van der Waals surface area contributed by atoms with Gasteiger partial charge in [-0.15, -0.1) is 19.0 Å². The normalized spacial score (nSPS) is 11.9. The van der Waals surface area contributed by atoms with Crippen molar-refractivity contribution in [2.45, 2.75) is 6.04 Å². The monoisotopic (exact) mass is 238 g/mol. The van der Waals surface area contributed by atoms with Crippen molar-refractivity contribution in [1.82, 2.24) is 4.98 Å². The molecule has 0 bridgehead atoms. The molecule has 86 valence electrons. The van der Waals surface area contributed by atoms with Crippen molar-refractivity contribution < 1.29 is 4.74 Å². The van der Waals surface area contributed by atoms with Gasteiger partial charge in [0.2, 0.25) is 0 Å². The number of methoxy groups -OCH3 is 1. The largest absolute Gasteiger partial charge is 0.497 e. The summed E-state index contributed by atoms with van der Waals surface area (Å²) in [5.41, 5.74) is 8.02. The fraction of sp³-hybridized carbons (Fsp3) is 0.167. The van der Waals surface area contributed by atoms with Crippen LogP contribution in [0.2, 0.25) is 0 Å². The lowest BCUT2D eigenvalue weighted by atomic mass is 10.1. The molecule has 3 N–H and O–H groups in total. The molecule has 0 unspecified atom stereocenters. The predicted octanol–water partition coefficient (Wildman–Crippen LogP) is 2.78. The maximum atomic E-state index is 5.92. The Morgan fingerprint density at radius 1 is 1.50 bits per heavy atom. The van der Waals surface area contributed by atoms with Crippen molar-refractivity contribution in [3.63, 3.8) is 0 Å². The number of rotatable bonds is 3. The molecule has 16 heavy (non-hydrogen) atoms. The second kappa shape index (κ2) is 5.05. The van der Waals surface area contributed by atoms with Crippen LogP contribution < -0.4 is 10.5 Å². The van der Waals surface area contributed by atoms with Crippen molar-refractivity contribution in [2.24, 2.45) is 5.73 Å². The molecule has 1 aromatic carbocycles. The molecular formula is C12H15ClN2O. The van der Waals surface area contributed by atoms with E-state index in [0.717, 1.165) is 22.2 Å². The van der Waals surface area contributed by atoms with E-state index in [4.69, 9.17) is 10.5 Å². The number of benzene rings is 1. The van der Waals surface area contributed by atoms with Crippen molar-refractivity contribution in [3.8, 4) is 5.75 Å². The molecule has 1 atom stereocenters. The molecule has 0 spiro atoms. The van der Waals surface area contributed by atoms with Crippen LogP contribution in [0.3, 0.4) is 0 Å². The second-order valence-corrected chi connectivity index (χ2v) is 3.42. The average Bonchev–Trinajstić information content (AvgIpc) is 2.70. The zero-order valence-electron chi connectivity index (χ0n) is 9.07. The van der Waals surface area contributed by atoms with E-state index in [-0.39, 0.29) is 18.4 Å². The summed E-state index contributed by atoms with van der Waals surface area (Å²) >= 11 is 0. The van der Waals surface area contributed by atoms with Gasteiger partial charge in [-0.1, -0.05) is 6.08 Å². The molecule has 0 aliphatic heterocycles. The van der Waals surface area contributed by atoms with Crippen LogP contribution in [0.4, 0.5) is 0 Å². The van der Waals surface area contributed by atoms with Crippen molar-refractivity contribution in [2.75, 3.05) is 7.11 Å². The van der Waals surface area contributed by atoms with Gasteiger partial charge in [-0.3, -0.25) is 0 Å². The van der Waals surface area contributed by atoms with Gasteiger partial charge in [0.05, 0.1) is 7.11 Å². The van der Waals surface area contributed by atoms with Crippen molar-refractivity contribution in [1.29, 1.82) is 0 Å². The first-order valence-electron chi connectivity index (χ1n) is 4.79. The molecule has 1 heterocycles. The first-order valence-corrected chi connectivity index (χ1v) is 4.79. The summed E-state index contributed by atoms with van der Waals surface area (Å²) in [5, 5.41) is 1.08. The molecule has 0 saturated heterocycles. The van der Waals surface area contributed by atoms with Crippen LogP contribution in [0, 0.1) is 0 Å². The Hall–Kier alpha value is -1.45. The minimum atomic E-state index is -0.147. The van der Waals surface area contributed by atoms with Gasteiger partial charge in [-0.2, -0.15) is 0 Å². The van der Waals surface area contributed by atoms with Gasteiger partial charge in [0, 0.05) is 23.1 Å². The summed E-state index contributed by atoms with van der Waals surface area (Å²) in [5.74, 6) is 0.833. The molecule has 4 heteroatoms. The third-order valence-corrected chi connectivity index (χ3v) is 2.53. The zero-order valence-corrected chi connectivity index (χ0v) is 9.88. The lowest BCUT2D eigenvalue weighted by molar-refractivity contribution is 0.415. The number of halogens is 1. The number of hydrogen-bond acceptors (Lipinski definition) is 2. The minimum absolute atomic E-state index is 0. The van der Waals surface area contributed by atoms with Crippen LogP contribution in [0.15, 0.2) is 37.1 Å². The van der Waals surface area contributed by atoms with Gasteiger partial charge in [-0.25, -0.2) is 0 Å². The van der Waals surface area contributed by atoms with Gasteiger partial charge in [0.25, 0.3) is 0 Å².